The van der Waals surface area contributed by atoms with E-state index in [-0.39, 0.29) is 19.1 Å². The Labute approximate surface area is 115 Å². The van der Waals surface area contributed by atoms with Crippen molar-refractivity contribution in [3.8, 4) is 0 Å². The largest absolute Gasteiger partial charge is 0.399 e. The van der Waals surface area contributed by atoms with E-state index in [4.69, 9.17) is 10.5 Å². The first-order chi connectivity index (χ1) is 9.57. The SMILES string of the molecule is Nc1ccc2c(C(=O)NCC3(O)CCOC3)c[nH]c2c1. The fourth-order valence-electron chi connectivity index (χ4n) is 2.41. The Morgan fingerprint density at radius 2 is 2.40 bits per heavy atom. The van der Waals surface area contributed by atoms with Crippen LogP contribution in [0.2, 0.25) is 0 Å². The number of rotatable bonds is 3. The summed E-state index contributed by atoms with van der Waals surface area (Å²) in [7, 11) is 0. The summed E-state index contributed by atoms with van der Waals surface area (Å²) in [5, 5.41) is 13.7. The van der Waals surface area contributed by atoms with Gasteiger partial charge in [0.1, 0.15) is 5.60 Å². The summed E-state index contributed by atoms with van der Waals surface area (Å²) >= 11 is 0. The van der Waals surface area contributed by atoms with Gasteiger partial charge in [0.25, 0.3) is 5.91 Å². The van der Waals surface area contributed by atoms with E-state index < -0.39 is 5.60 Å². The maximum Gasteiger partial charge on any atom is 0.253 e. The van der Waals surface area contributed by atoms with Crippen LogP contribution in [0.3, 0.4) is 0 Å². The van der Waals surface area contributed by atoms with Crippen molar-refractivity contribution in [2.24, 2.45) is 0 Å². The van der Waals surface area contributed by atoms with Crippen LogP contribution in [0.25, 0.3) is 10.9 Å². The van der Waals surface area contributed by atoms with Gasteiger partial charge >= 0.3 is 0 Å². The molecular formula is C14H17N3O3. The van der Waals surface area contributed by atoms with E-state index in [1.165, 1.54) is 0 Å². The molecule has 1 atom stereocenters. The van der Waals surface area contributed by atoms with Gasteiger partial charge in [0.2, 0.25) is 0 Å². The molecule has 1 aromatic heterocycles. The molecule has 106 valence electrons. The van der Waals surface area contributed by atoms with Gasteiger partial charge in [0.15, 0.2) is 0 Å². The van der Waals surface area contributed by atoms with Crippen LogP contribution in [0.15, 0.2) is 24.4 Å². The number of carbonyl (C=O) groups excluding carboxylic acids is 1. The second kappa shape index (κ2) is 4.81. The molecule has 5 N–H and O–H groups in total. The Morgan fingerprint density at radius 1 is 1.55 bits per heavy atom. The second-order valence-corrected chi connectivity index (χ2v) is 5.22. The lowest BCUT2D eigenvalue weighted by molar-refractivity contribution is 0.0265. The molecule has 0 spiro atoms. The number of amides is 1. The van der Waals surface area contributed by atoms with Gasteiger partial charge in [-0.15, -0.1) is 0 Å². The van der Waals surface area contributed by atoms with Crippen molar-refractivity contribution < 1.29 is 14.6 Å². The smallest absolute Gasteiger partial charge is 0.253 e. The number of anilines is 1. The molecule has 6 nitrogen and oxygen atoms in total. The quantitative estimate of drug-likeness (QED) is 0.617. The number of hydrogen-bond donors (Lipinski definition) is 4. The molecule has 1 fully saturated rings. The third-order valence-corrected chi connectivity index (χ3v) is 3.61. The highest BCUT2D eigenvalue weighted by Crippen LogP contribution is 2.21. The molecule has 20 heavy (non-hydrogen) atoms. The van der Waals surface area contributed by atoms with Crippen molar-refractivity contribution >= 4 is 22.5 Å². The molecule has 2 heterocycles. The van der Waals surface area contributed by atoms with Crippen LogP contribution in [0, 0.1) is 0 Å². The van der Waals surface area contributed by atoms with Gasteiger partial charge in [-0.05, 0) is 18.2 Å². The van der Waals surface area contributed by atoms with Crippen molar-refractivity contribution in [3.05, 3.63) is 30.0 Å². The molecule has 1 unspecified atom stereocenters. The highest BCUT2D eigenvalue weighted by Gasteiger charge is 2.32. The minimum atomic E-state index is -0.952. The monoisotopic (exact) mass is 275 g/mol. The predicted molar refractivity (Wildman–Crippen MR) is 75.4 cm³/mol. The number of aromatic nitrogens is 1. The van der Waals surface area contributed by atoms with Crippen LogP contribution < -0.4 is 11.1 Å². The topological polar surface area (TPSA) is 100 Å². The lowest BCUT2D eigenvalue weighted by atomic mass is 10.0. The molecule has 6 heteroatoms. The first-order valence-electron chi connectivity index (χ1n) is 6.52. The Bertz CT molecular complexity index is 644. The van der Waals surface area contributed by atoms with E-state index in [1.54, 1.807) is 18.3 Å². The lowest BCUT2D eigenvalue weighted by Gasteiger charge is -2.20. The number of fused-ring (bicyclic) bond motifs is 1. The van der Waals surface area contributed by atoms with Gasteiger partial charge < -0.3 is 25.9 Å². The summed E-state index contributed by atoms with van der Waals surface area (Å²) < 4.78 is 5.15. The molecule has 0 bridgehead atoms. The predicted octanol–water partition coefficient (Wildman–Crippen LogP) is 0.631. The van der Waals surface area contributed by atoms with E-state index >= 15 is 0 Å². The zero-order valence-electron chi connectivity index (χ0n) is 11.0. The van der Waals surface area contributed by atoms with Crippen LogP contribution in [-0.4, -0.2) is 41.4 Å². The summed E-state index contributed by atoms with van der Waals surface area (Å²) in [5.41, 5.74) is 6.75. The first-order valence-corrected chi connectivity index (χ1v) is 6.52. The molecule has 3 rings (SSSR count). The van der Waals surface area contributed by atoms with Crippen molar-refractivity contribution in [1.82, 2.24) is 10.3 Å². The Morgan fingerprint density at radius 3 is 3.15 bits per heavy atom. The molecule has 1 saturated heterocycles. The van der Waals surface area contributed by atoms with Crippen LogP contribution in [-0.2, 0) is 4.74 Å². The van der Waals surface area contributed by atoms with E-state index in [2.05, 4.69) is 10.3 Å². The molecule has 1 aliphatic rings. The molecule has 1 aliphatic heterocycles. The Hall–Kier alpha value is -2.05. The molecular weight excluding hydrogens is 258 g/mol. The zero-order chi connectivity index (χ0) is 14.2. The van der Waals surface area contributed by atoms with Crippen molar-refractivity contribution in [2.75, 3.05) is 25.5 Å². The summed E-state index contributed by atoms with van der Waals surface area (Å²) in [6.45, 7) is 0.976. The number of hydrogen-bond acceptors (Lipinski definition) is 4. The molecule has 2 aromatic rings. The maximum absolute atomic E-state index is 12.2. The fourth-order valence-corrected chi connectivity index (χ4v) is 2.41. The Balaban J connectivity index is 1.75. The van der Waals surface area contributed by atoms with Crippen molar-refractivity contribution in [3.63, 3.8) is 0 Å². The average Bonchev–Trinajstić information content (AvgIpc) is 3.02. The molecule has 1 aromatic carbocycles. The van der Waals surface area contributed by atoms with Crippen LogP contribution in [0.5, 0.6) is 0 Å². The summed E-state index contributed by atoms with van der Waals surface area (Å²) in [5.74, 6) is -0.221. The minimum absolute atomic E-state index is 0.188. The van der Waals surface area contributed by atoms with Gasteiger partial charge in [-0.25, -0.2) is 0 Å². The standard InChI is InChI=1S/C14H17N3O3/c15-9-1-2-10-11(6-16-12(10)5-9)13(18)17-7-14(19)3-4-20-8-14/h1-2,5-6,16,19H,3-4,7-8,15H2,(H,17,18). The van der Waals surface area contributed by atoms with Crippen LogP contribution in [0.4, 0.5) is 5.69 Å². The number of nitrogens with two attached hydrogens (primary N) is 1. The number of ether oxygens (including phenoxy) is 1. The van der Waals surface area contributed by atoms with E-state index in [9.17, 15) is 9.90 Å². The fraction of sp³-hybridized carbons (Fsp3) is 0.357. The number of carbonyl (C=O) groups is 1. The summed E-state index contributed by atoms with van der Waals surface area (Å²) in [6.07, 6.45) is 2.19. The number of nitrogens with one attached hydrogen (secondary N) is 2. The summed E-state index contributed by atoms with van der Waals surface area (Å²) in [4.78, 5) is 15.2. The Kier molecular flexibility index (Phi) is 3.11. The van der Waals surface area contributed by atoms with Gasteiger partial charge in [-0.2, -0.15) is 0 Å². The van der Waals surface area contributed by atoms with E-state index in [1.807, 2.05) is 6.07 Å². The lowest BCUT2D eigenvalue weighted by Crippen LogP contribution is -2.43. The average molecular weight is 275 g/mol. The minimum Gasteiger partial charge on any atom is -0.399 e. The normalized spacial score (nSPS) is 22.2. The first kappa shape index (κ1) is 13.0. The number of nitrogen functional groups attached to an aromatic ring is 1. The second-order valence-electron chi connectivity index (χ2n) is 5.22. The van der Waals surface area contributed by atoms with Gasteiger partial charge in [0, 0.05) is 42.4 Å². The maximum atomic E-state index is 12.2. The summed E-state index contributed by atoms with van der Waals surface area (Å²) in [6, 6.07) is 5.35. The molecule has 0 aliphatic carbocycles. The van der Waals surface area contributed by atoms with Crippen LogP contribution in [0.1, 0.15) is 16.8 Å². The number of benzene rings is 1. The highest BCUT2D eigenvalue weighted by molar-refractivity contribution is 6.07. The molecule has 0 saturated carbocycles. The van der Waals surface area contributed by atoms with Crippen LogP contribution >= 0.6 is 0 Å². The molecule has 1 amide bonds. The third-order valence-electron chi connectivity index (χ3n) is 3.61. The van der Waals surface area contributed by atoms with Gasteiger partial charge in [-0.3, -0.25) is 4.79 Å². The molecule has 0 radical (unpaired) electrons. The third kappa shape index (κ3) is 2.35. The number of aliphatic hydroxyl groups is 1. The zero-order valence-corrected chi connectivity index (χ0v) is 11.0. The van der Waals surface area contributed by atoms with E-state index in [0.29, 0.717) is 24.3 Å². The van der Waals surface area contributed by atoms with Crippen molar-refractivity contribution in [2.45, 2.75) is 12.0 Å². The highest BCUT2D eigenvalue weighted by atomic mass is 16.5. The van der Waals surface area contributed by atoms with E-state index in [0.717, 1.165) is 10.9 Å². The number of H-pyrrole nitrogens is 1. The van der Waals surface area contributed by atoms with Crippen molar-refractivity contribution in [1.29, 1.82) is 0 Å². The number of aromatic amines is 1. The van der Waals surface area contributed by atoms with Gasteiger partial charge in [0.05, 0.1) is 12.2 Å². The van der Waals surface area contributed by atoms with Gasteiger partial charge in [-0.1, -0.05) is 0 Å².